The minimum Gasteiger partial charge on any atom is -0.507 e. The summed E-state index contributed by atoms with van der Waals surface area (Å²) in [5, 5.41) is 11.8. The molecule has 1 unspecified atom stereocenters. The Morgan fingerprint density at radius 1 is 0.950 bits per heavy atom. The van der Waals surface area contributed by atoms with Gasteiger partial charge in [-0.05, 0) is 78.9 Å². The molecule has 3 aromatic carbocycles. The molecule has 0 aromatic heterocycles. The molecule has 1 atom stereocenters. The largest absolute Gasteiger partial charge is 0.507 e. The lowest BCUT2D eigenvalue weighted by atomic mass is 9.85. The van der Waals surface area contributed by atoms with Crippen LogP contribution in [0.4, 0.5) is 11.4 Å². The summed E-state index contributed by atoms with van der Waals surface area (Å²) < 4.78 is 11.3. The second-order valence-corrected chi connectivity index (χ2v) is 11.5. The molecule has 7 nitrogen and oxygen atoms in total. The van der Waals surface area contributed by atoms with Gasteiger partial charge in [0.2, 0.25) is 0 Å². The summed E-state index contributed by atoms with van der Waals surface area (Å²) in [6, 6.07) is 19.4. The Morgan fingerprint density at radius 2 is 1.57 bits per heavy atom. The lowest BCUT2D eigenvalue weighted by molar-refractivity contribution is -0.132. The SMILES string of the molecule is COc1ccc(C(C)(C)C)cc1/C(O)=C1\C(=O)C(=O)N(c2ccc(OC(C)C)cc2)C1c1ccc(N(C)C)cc1. The molecule has 0 saturated carbocycles. The molecule has 1 fully saturated rings. The second-order valence-electron chi connectivity index (χ2n) is 11.5. The molecule has 1 aliphatic heterocycles. The number of ether oxygens (including phenoxy) is 2. The number of carbonyl (C=O) groups is 2. The third-order valence-electron chi connectivity index (χ3n) is 6.98. The monoisotopic (exact) mass is 542 g/mol. The molecule has 3 aromatic rings. The maximum atomic E-state index is 13.7. The number of carbonyl (C=O) groups excluding carboxylic acids is 2. The highest BCUT2D eigenvalue weighted by molar-refractivity contribution is 6.51. The zero-order valence-corrected chi connectivity index (χ0v) is 24.5. The average Bonchev–Trinajstić information content (AvgIpc) is 3.17. The first kappa shape index (κ1) is 28.7. The van der Waals surface area contributed by atoms with Crippen molar-refractivity contribution in [2.24, 2.45) is 0 Å². The number of aliphatic hydroxyl groups excluding tert-OH is 1. The van der Waals surface area contributed by atoms with Crippen molar-refractivity contribution >= 4 is 28.8 Å². The van der Waals surface area contributed by atoms with E-state index in [1.807, 2.05) is 69.2 Å². The van der Waals surface area contributed by atoms with E-state index in [0.717, 1.165) is 11.3 Å². The van der Waals surface area contributed by atoms with Crippen LogP contribution in [0.2, 0.25) is 0 Å². The van der Waals surface area contributed by atoms with Crippen LogP contribution in [0.3, 0.4) is 0 Å². The lowest BCUT2D eigenvalue weighted by Crippen LogP contribution is -2.29. The van der Waals surface area contributed by atoms with Crippen LogP contribution in [0.5, 0.6) is 11.5 Å². The predicted molar refractivity (Wildman–Crippen MR) is 159 cm³/mol. The minimum absolute atomic E-state index is 0.00543. The standard InChI is InChI=1S/C33H38N2O5/c1-20(2)40-25-16-14-24(15-17-25)35-29(21-9-12-23(13-10-21)34(6)7)28(31(37)32(35)38)30(36)26-19-22(33(3,4)5)11-18-27(26)39-8/h9-20,29,36H,1-8H3/b30-28+. The van der Waals surface area contributed by atoms with Crippen LogP contribution in [-0.4, -0.2) is 44.1 Å². The van der Waals surface area contributed by atoms with Crippen LogP contribution in [-0.2, 0) is 15.0 Å². The van der Waals surface area contributed by atoms with Gasteiger partial charge in [0.05, 0.1) is 30.4 Å². The Morgan fingerprint density at radius 3 is 2.10 bits per heavy atom. The molecule has 40 heavy (non-hydrogen) atoms. The number of benzene rings is 3. The van der Waals surface area contributed by atoms with Crippen molar-refractivity contribution in [2.75, 3.05) is 31.0 Å². The number of Topliss-reactive ketones (excluding diaryl/α,β-unsaturated/α-hetero) is 1. The summed E-state index contributed by atoms with van der Waals surface area (Å²) in [6.07, 6.45) is -0.00543. The van der Waals surface area contributed by atoms with E-state index in [0.29, 0.717) is 28.3 Å². The zero-order chi connectivity index (χ0) is 29.4. The highest BCUT2D eigenvalue weighted by Crippen LogP contribution is 2.44. The third-order valence-corrected chi connectivity index (χ3v) is 6.98. The number of amides is 1. The molecule has 0 bridgehead atoms. The van der Waals surface area contributed by atoms with Gasteiger partial charge in [-0.25, -0.2) is 0 Å². The van der Waals surface area contributed by atoms with Gasteiger partial charge in [0.1, 0.15) is 17.3 Å². The molecule has 4 rings (SSSR count). The van der Waals surface area contributed by atoms with Gasteiger partial charge in [-0.1, -0.05) is 39.0 Å². The fourth-order valence-corrected chi connectivity index (χ4v) is 4.83. The van der Waals surface area contributed by atoms with E-state index >= 15 is 0 Å². The van der Waals surface area contributed by atoms with E-state index in [1.165, 1.54) is 12.0 Å². The predicted octanol–water partition coefficient (Wildman–Crippen LogP) is 6.47. The van der Waals surface area contributed by atoms with E-state index in [9.17, 15) is 14.7 Å². The number of methoxy groups -OCH3 is 1. The number of rotatable bonds is 7. The Balaban J connectivity index is 1.94. The highest BCUT2D eigenvalue weighted by Gasteiger charge is 2.47. The Kier molecular flexibility index (Phi) is 7.96. The number of hydrogen-bond acceptors (Lipinski definition) is 6. The minimum atomic E-state index is -0.851. The van der Waals surface area contributed by atoms with Crippen molar-refractivity contribution in [2.45, 2.75) is 52.2 Å². The Labute approximate surface area is 236 Å². The van der Waals surface area contributed by atoms with Crippen molar-refractivity contribution < 1.29 is 24.2 Å². The zero-order valence-electron chi connectivity index (χ0n) is 24.5. The van der Waals surface area contributed by atoms with E-state index in [1.54, 1.807) is 30.3 Å². The normalized spacial score (nSPS) is 16.9. The fraction of sp³-hybridized carbons (Fsp3) is 0.333. The summed E-state index contributed by atoms with van der Waals surface area (Å²) in [6.45, 7) is 10.1. The molecule has 1 amide bonds. The van der Waals surface area contributed by atoms with E-state index in [4.69, 9.17) is 9.47 Å². The molecular weight excluding hydrogens is 504 g/mol. The van der Waals surface area contributed by atoms with Crippen molar-refractivity contribution in [1.82, 2.24) is 0 Å². The third kappa shape index (κ3) is 5.55. The van der Waals surface area contributed by atoms with Gasteiger partial charge in [0, 0.05) is 25.5 Å². The summed E-state index contributed by atoms with van der Waals surface area (Å²) in [5.74, 6) is -0.679. The van der Waals surface area contributed by atoms with Crippen LogP contribution >= 0.6 is 0 Å². The maximum Gasteiger partial charge on any atom is 0.300 e. The Bertz CT molecular complexity index is 1430. The number of hydrogen-bond donors (Lipinski definition) is 1. The van der Waals surface area contributed by atoms with E-state index in [-0.39, 0.29) is 22.9 Å². The van der Waals surface area contributed by atoms with Crippen molar-refractivity contribution in [3.8, 4) is 11.5 Å². The quantitative estimate of drug-likeness (QED) is 0.209. The summed E-state index contributed by atoms with van der Waals surface area (Å²) >= 11 is 0. The van der Waals surface area contributed by atoms with Crippen molar-refractivity contribution in [3.63, 3.8) is 0 Å². The second kappa shape index (κ2) is 11.1. The molecular formula is C33H38N2O5. The van der Waals surface area contributed by atoms with Crippen LogP contribution in [0.25, 0.3) is 5.76 Å². The molecule has 1 heterocycles. The average molecular weight is 543 g/mol. The molecule has 1 N–H and O–H groups in total. The summed E-state index contributed by atoms with van der Waals surface area (Å²) in [5.41, 5.74) is 3.30. The van der Waals surface area contributed by atoms with Gasteiger partial charge in [-0.2, -0.15) is 0 Å². The first-order chi connectivity index (χ1) is 18.8. The molecule has 0 radical (unpaired) electrons. The molecule has 210 valence electrons. The fourth-order valence-electron chi connectivity index (χ4n) is 4.83. The van der Waals surface area contributed by atoms with Crippen LogP contribution < -0.4 is 19.3 Å². The first-order valence-corrected chi connectivity index (χ1v) is 13.4. The molecule has 7 heteroatoms. The summed E-state index contributed by atoms with van der Waals surface area (Å²) in [7, 11) is 5.40. The van der Waals surface area contributed by atoms with E-state index in [2.05, 4.69) is 20.8 Å². The number of nitrogens with zero attached hydrogens (tertiary/aromatic N) is 2. The molecule has 1 aliphatic rings. The van der Waals surface area contributed by atoms with E-state index < -0.39 is 17.7 Å². The molecule has 0 aliphatic carbocycles. The molecule has 1 saturated heterocycles. The smallest absolute Gasteiger partial charge is 0.300 e. The topological polar surface area (TPSA) is 79.3 Å². The highest BCUT2D eigenvalue weighted by atomic mass is 16.5. The van der Waals surface area contributed by atoms with Gasteiger partial charge in [-0.3, -0.25) is 14.5 Å². The Hall–Kier alpha value is -4.26. The number of aliphatic hydroxyl groups is 1. The molecule has 0 spiro atoms. The van der Waals surface area contributed by atoms with Crippen LogP contribution in [0, 0.1) is 0 Å². The van der Waals surface area contributed by atoms with Crippen LogP contribution in [0.15, 0.2) is 72.3 Å². The van der Waals surface area contributed by atoms with Gasteiger partial charge >= 0.3 is 0 Å². The van der Waals surface area contributed by atoms with Gasteiger partial charge in [-0.15, -0.1) is 0 Å². The number of anilines is 2. The number of ketones is 1. The van der Waals surface area contributed by atoms with Gasteiger partial charge in [0.25, 0.3) is 11.7 Å². The van der Waals surface area contributed by atoms with Gasteiger partial charge < -0.3 is 19.5 Å². The van der Waals surface area contributed by atoms with Crippen LogP contribution in [0.1, 0.15) is 57.4 Å². The maximum absolute atomic E-state index is 13.7. The van der Waals surface area contributed by atoms with Crippen molar-refractivity contribution in [1.29, 1.82) is 0 Å². The van der Waals surface area contributed by atoms with Gasteiger partial charge in [0.15, 0.2) is 0 Å². The first-order valence-electron chi connectivity index (χ1n) is 13.4. The lowest BCUT2D eigenvalue weighted by Gasteiger charge is -2.26. The summed E-state index contributed by atoms with van der Waals surface area (Å²) in [4.78, 5) is 30.7. The van der Waals surface area contributed by atoms with Crippen molar-refractivity contribution in [3.05, 3.63) is 89.0 Å².